The van der Waals surface area contributed by atoms with Crippen molar-refractivity contribution in [1.29, 1.82) is 0 Å². The fraction of sp³-hybridized carbons (Fsp3) is 0.333. The normalized spacial score (nSPS) is 16.5. The molecule has 0 fully saturated rings. The third-order valence-electron chi connectivity index (χ3n) is 5.11. The summed E-state index contributed by atoms with van der Waals surface area (Å²) in [6, 6.07) is 7.55. The molecule has 1 amide bonds. The highest BCUT2D eigenvalue weighted by molar-refractivity contribution is 5.83. The molecule has 4 heterocycles. The van der Waals surface area contributed by atoms with Crippen LogP contribution in [0.5, 0.6) is 0 Å². The maximum atomic E-state index is 13.2. The molecule has 0 bridgehead atoms. The first-order valence-electron chi connectivity index (χ1n) is 9.52. The Bertz CT molecular complexity index is 925. The molecule has 144 valence electrons. The number of carbonyl (C=O) groups is 1. The Morgan fingerprint density at radius 3 is 2.64 bits per heavy atom. The number of hydrogen-bond donors (Lipinski definition) is 1. The molecule has 0 aliphatic carbocycles. The molecule has 7 heteroatoms. The fourth-order valence-electron chi connectivity index (χ4n) is 3.74. The van der Waals surface area contributed by atoms with Crippen LogP contribution < -0.4 is 5.32 Å². The zero-order chi connectivity index (χ0) is 19.3. The topological polar surface area (TPSA) is 75.9 Å². The van der Waals surface area contributed by atoms with Crippen LogP contribution in [0.15, 0.2) is 55.4 Å². The maximum absolute atomic E-state index is 13.2. The van der Waals surface area contributed by atoms with E-state index in [-0.39, 0.29) is 11.9 Å². The molecule has 1 N–H and O–H groups in total. The van der Waals surface area contributed by atoms with Gasteiger partial charge in [-0.3, -0.25) is 19.7 Å². The van der Waals surface area contributed by atoms with Gasteiger partial charge < -0.3 is 9.88 Å². The van der Waals surface area contributed by atoms with Crippen molar-refractivity contribution >= 4 is 5.91 Å². The highest BCUT2D eigenvalue weighted by Gasteiger charge is 2.35. The van der Waals surface area contributed by atoms with E-state index in [4.69, 9.17) is 0 Å². The van der Waals surface area contributed by atoms with Crippen LogP contribution in [0.4, 0.5) is 0 Å². The van der Waals surface area contributed by atoms with Crippen LogP contribution in [-0.2, 0) is 31.2 Å². The molecule has 1 aliphatic rings. The number of rotatable bonds is 6. The summed E-state index contributed by atoms with van der Waals surface area (Å²) in [4.78, 5) is 28.2. The van der Waals surface area contributed by atoms with Crippen molar-refractivity contribution in [3.8, 4) is 0 Å². The molecule has 0 saturated carbocycles. The van der Waals surface area contributed by atoms with Gasteiger partial charge in [0.1, 0.15) is 6.04 Å². The van der Waals surface area contributed by atoms with E-state index < -0.39 is 0 Å². The van der Waals surface area contributed by atoms with E-state index in [1.165, 1.54) is 0 Å². The van der Waals surface area contributed by atoms with Gasteiger partial charge in [-0.15, -0.1) is 0 Å². The van der Waals surface area contributed by atoms with Crippen LogP contribution in [0.3, 0.4) is 0 Å². The van der Waals surface area contributed by atoms with Gasteiger partial charge >= 0.3 is 0 Å². The quantitative estimate of drug-likeness (QED) is 0.708. The Balaban J connectivity index is 1.51. The number of amides is 1. The molecule has 1 unspecified atom stereocenters. The van der Waals surface area contributed by atoms with Crippen LogP contribution >= 0.6 is 0 Å². The van der Waals surface area contributed by atoms with E-state index in [1.54, 1.807) is 18.7 Å². The van der Waals surface area contributed by atoms with Gasteiger partial charge in [-0.25, -0.2) is 4.98 Å². The third kappa shape index (κ3) is 3.94. The Morgan fingerprint density at radius 2 is 1.93 bits per heavy atom. The van der Waals surface area contributed by atoms with Gasteiger partial charge in [-0.1, -0.05) is 12.1 Å². The first-order valence-corrected chi connectivity index (χ1v) is 9.52. The third-order valence-corrected chi connectivity index (χ3v) is 5.11. The van der Waals surface area contributed by atoms with E-state index in [0.29, 0.717) is 13.1 Å². The van der Waals surface area contributed by atoms with Gasteiger partial charge in [-0.05, 0) is 29.7 Å². The van der Waals surface area contributed by atoms with Crippen LogP contribution in [0, 0.1) is 0 Å². The van der Waals surface area contributed by atoms with Crippen LogP contribution in [0.1, 0.15) is 28.6 Å². The summed E-state index contributed by atoms with van der Waals surface area (Å²) in [6.45, 7) is 2.05. The zero-order valence-electron chi connectivity index (χ0n) is 16.0. The molecular formula is C21H24N6O. The van der Waals surface area contributed by atoms with Crippen molar-refractivity contribution in [2.45, 2.75) is 25.4 Å². The average molecular weight is 376 g/mol. The van der Waals surface area contributed by atoms with E-state index in [1.807, 2.05) is 48.3 Å². The largest absolute Gasteiger partial charge is 0.354 e. The van der Waals surface area contributed by atoms with Crippen molar-refractivity contribution in [2.75, 3.05) is 13.1 Å². The zero-order valence-corrected chi connectivity index (χ0v) is 16.0. The molecule has 28 heavy (non-hydrogen) atoms. The van der Waals surface area contributed by atoms with Gasteiger partial charge in [0, 0.05) is 57.9 Å². The number of imidazole rings is 1. The molecule has 1 atom stereocenters. The highest BCUT2D eigenvalue weighted by atomic mass is 16.2. The second-order valence-corrected chi connectivity index (χ2v) is 7.07. The maximum Gasteiger partial charge on any atom is 0.243 e. The molecule has 1 aliphatic heterocycles. The van der Waals surface area contributed by atoms with Crippen molar-refractivity contribution in [1.82, 2.24) is 29.7 Å². The standard InChI is InChI=1S/C21H24N6O/c1-26-15-25-18-7-11-27(14-17-5-3-9-23-13-17)20(19(18)26)21(28)24-10-6-16-4-2-8-22-12-16/h2-5,8-9,12-13,15,20H,6-7,10-11,14H2,1H3,(H,24,28). The molecule has 0 spiro atoms. The lowest BCUT2D eigenvalue weighted by molar-refractivity contribution is -0.127. The molecule has 7 nitrogen and oxygen atoms in total. The van der Waals surface area contributed by atoms with E-state index in [0.717, 1.165) is 41.9 Å². The lowest BCUT2D eigenvalue weighted by atomic mass is 10.0. The molecule has 3 aromatic rings. The summed E-state index contributed by atoms with van der Waals surface area (Å²) in [5, 5.41) is 3.11. The van der Waals surface area contributed by atoms with Gasteiger partial charge in [0.15, 0.2) is 0 Å². The van der Waals surface area contributed by atoms with Crippen molar-refractivity contribution in [3.05, 3.63) is 77.9 Å². The smallest absolute Gasteiger partial charge is 0.243 e. The van der Waals surface area contributed by atoms with Crippen molar-refractivity contribution in [2.24, 2.45) is 7.05 Å². The molecule has 0 radical (unpaired) electrons. The van der Waals surface area contributed by atoms with Gasteiger partial charge in [0.2, 0.25) is 5.91 Å². The number of aromatic nitrogens is 4. The van der Waals surface area contributed by atoms with E-state index in [2.05, 4.69) is 25.2 Å². The van der Waals surface area contributed by atoms with Crippen molar-refractivity contribution < 1.29 is 4.79 Å². The first kappa shape index (κ1) is 18.3. The predicted molar refractivity (Wildman–Crippen MR) is 105 cm³/mol. The number of hydrogen-bond acceptors (Lipinski definition) is 5. The average Bonchev–Trinajstić information content (AvgIpc) is 3.10. The Morgan fingerprint density at radius 1 is 1.18 bits per heavy atom. The highest BCUT2D eigenvalue weighted by Crippen LogP contribution is 2.30. The molecule has 0 saturated heterocycles. The Labute approximate surface area is 164 Å². The summed E-state index contributed by atoms with van der Waals surface area (Å²) in [7, 11) is 1.95. The minimum atomic E-state index is -0.356. The van der Waals surface area contributed by atoms with E-state index in [9.17, 15) is 4.79 Å². The van der Waals surface area contributed by atoms with Crippen LogP contribution in [0.25, 0.3) is 0 Å². The number of aryl methyl sites for hydroxylation is 1. The summed E-state index contributed by atoms with van der Waals surface area (Å²) < 4.78 is 1.97. The monoisotopic (exact) mass is 376 g/mol. The number of nitrogens with zero attached hydrogens (tertiary/aromatic N) is 5. The van der Waals surface area contributed by atoms with Crippen LogP contribution in [-0.4, -0.2) is 43.4 Å². The molecule has 4 rings (SSSR count). The fourth-order valence-corrected chi connectivity index (χ4v) is 3.74. The van der Waals surface area contributed by atoms with Gasteiger partial charge in [-0.2, -0.15) is 0 Å². The molecule has 0 aromatic carbocycles. The molecule has 3 aromatic heterocycles. The second kappa shape index (κ2) is 8.31. The van der Waals surface area contributed by atoms with Crippen LogP contribution in [0.2, 0.25) is 0 Å². The van der Waals surface area contributed by atoms with Gasteiger partial charge in [0.05, 0.1) is 17.7 Å². The summed E-state index contributed by atoms with van der Waals surface area (Å²) in [6.07, 6.45) is 10.6. The minimum Gasteiger partial charge on any atom is -0.354 e. The number of carbonyl (C=O) groups excluding carboxylic acids is 1. The van der Waals surface area contributed by atoms with Gasteiger partial charge in [0.25, 0.3) is 0 Å². The summed E-state index contributed by atoms with van der Waals surface area (Å²) in [5.41, 5.74) is 4.20. The predicted octanol–water partition coefficient (Wildman–Crippen LogP) is 1.67. The Kier molecular flexibility index (Phi) is 5.43. The number of nitrogens with one attached hydrogen (secondary N) is 1. The molecular weight excluding hydrogens is 352 g/mol. The lowest BCUT2D eigenvalue weighted by Gasteiger charge is -2.35. The second-order valence-electron chi connectivity index (χ2n) is 7.07. The summed E-state index contributed by atoms with van der Waals surface area (Å²) in [5.74, 6) is 0.0114. The van der Waals surface area contributed by atoms with Crippen molar-refractivity contribution in [3.63, 3.8) is 0 Å². The minimum absolute atomic E-state index is 0.0114. The van der Waals surface area contributed by atoms with E-state index >= 15 is 0 Å². The number of fused-ring (bicyclic) bond motifs is 1. The lowest BCUT2D eigenvalue weighted by Crippen LogP contribution is -2.45. The SMILES string of the molecule is Cn1cnc2c1C(C(=O)NCCc1cccnc1)N(Cc1cccnc1)CC2. The number of pyridine rings is 2. The first-order chi connectivity index (χ1) is 13.7. The summed E-state index contributed by atoms with van der Waals surface area (Å²) >= 11 is 0. The Hall–Kier alpha value is -3.06.